The molecule has 5 heteroatoms. The first-order valence-electron chi connectivity index (χ1n) is 5.84. The van der Waals surface area contributed by atoms with Gasteiger partial charge in [-0.05, 0) is 36.8 Å². The molecule has 0 aliphatic heterocycles. The quantitative estimate of drug-likeness (QED) is 0.842. The second-order valence-electron chi connectivity index (χ2n) is 4.22. The molecule has 0 amide bonds. The molecule has 1 aromatic heterocycles. The largest absolute Gasteiger partial charge is 0.388 e. The van der Waals surface area contributed by atoms with Gasteiger partial charge in [-0.2, -0.15) is 0 Å². The number of aromatic nitrogens is 1. The number of hydrogen-bond acceptors (Lipinski definition) is 3. The lowest BCUT2D eigenvalue weighted by atomic mass is 10.1. The van der Waals surface area contributed by atoms with Gasteiger partial charge in [0.15, 0.2) is 0 Å². The van der Waals surface area contributed by atoms with Gasteiger partial charge in [0.05, 0.1) is 5.69 Å². The highest BCUT2D eigenvalue weighted by Crippen LogP contribution is 2.19. The molecule has 2 aromatic rings. The van der Waals surface area contributed by atoms with E-state index in [0.717, 1.165) is 11.3 Å². The minimum atomic E-state index is -0.246. The van der Waals surface area contributed by atoms with Gasteiger partial charge in [0, 0.05) is 17.9 Å². The van der Waals surface area contributed by atoms with Crippen molar-refractivity contribution in [1.82, 2.24) is 4.98 Å². The number of nitrogens with one attached hydrogen (secondary N) is 1. The SMILES string of the molecule is CC(Nc1ccnc(C(N)=S)c1)c1cccc(F)c1. The van der Waals surface area contributed by atoms with Gasteiger partial charge in [-0.25, -0.2) is 4.39 Å². The first kappa shape index (κ1) is 13.4. The lowest BCUT2D eigenvalue weighted by Crippen LogP contribution is -2.13. The Morgan fingerprint density at radius 1 is 1.37 bits per heavy atom. The summed E-state index contributed by atoms with van der Waals surface area (Å²) in [5, 5.41) is 3.26. The van der Waals surface area contributed by atoms with E-state index in [9.17, 15) is 4.39 Å². The van der Waals surface area contributed by atoms with E-state index in [1.165, 1.54) is 12.1 Å². The number of hydrogen-bond donors (Lipinski definition) is 2. The van der Waals surface area contributed by atoms with E-state index in [0.29, 0.717) is 5.69 Å². The van der Waals surface area contributed by atoms with Crippen LogP contribution < -0.4 is 11.1 Å². The number of benzene rings is 1. The topological polar surface area (TPSA) is 50.9 Å². The van der Waals surface area contributed by atoms with Gasteiger partial charge in [0.1, 0.15) is 10.8 Å². The maximum atomic E-state index is 13.2. The van der Waals surface area contributed by atoms with Crippen molar-refractivity contribution in [3.63, 3.8) is 0 Å². The molecule has 0 bridgehead atoms. The second-order valence-corrected chi connectivity index (χ2v) is 4.65. The third-order valence-electron chi connectivity index (χ3n) is 2.74. The van der Waals surface area contributed by atoms with Crippen LogP contribution in [0.4, 0.5) is 10.1 Å². The molecule has 0 saturated carbocycles. The number of thiocarbonyl (C=S) groups is 1. The minimum Gasteiger partial charge on any atom is -0.388 e. The number of halogens is 1. The van der Waals surface area contributed by atoms with Crippen LogP contribution in [-0.4, -0.2) is 9.97 Å². The van der Waals surface area contributed by atoms with Gasteiger partial charge < -0.3 is 11.1 Å². The Morgan fingerprint density at radius 3 is 2.84 bits per heavy atom. The fourth-order valence-electron chi connectivity index (χ4n) is 1.76. The predicted octanol–water partition coefficient (Wildman–Crippen LogP) is 3.03. The summed E-state index contributed by atoms with van der Waals surface area (Å²) >= 11 is 4.88. The van der Waals surface area contributed by atoms with Crippen LogP contribution in [-0.2, 0) is 0 Å². The average Bonchev–Trinajstić information content (AvgIpc) is 2.39. The summed E-state index contributed by atoms with van der Waals surface area (Å²) in [4.78, 5) is 4.32. The van der Waals surface area contributed by atoms with Crippen molar-refractivity contribution >= 4 is 22.9 Å². The van der Waals surface area contributed by atoms with E-state index in [4.69, 9.17) is 18.0 Å². The van der Waals surface area contributed by atoms with Crippen LogP contribution in [0.25, 0.3) is 0 Å². The molecule has 98 valence electrons. The molecule has 0 saturated heterocycles. The standard InChI is InChI=1S/C14H14FN3S/c1-9(10-3-2-4-11(15)7-10)18-12-5-6-17-13(8-12)14(16)19/h2-9H,1H3,(H2,16,19)(H,17,18). The summed E-state index contributed by atoms with van der Waals surface area (Å²) in [7, 11) is 0. The summed E-state index contributed by atoms with van der Waals surface area (Å²) in [6, 6.07) is 10.1. The number of rotatable bonds is 4. The molecule has 1 aromatic carbocycles. The van der Waals surface area contributed by atoms with Crippen LogP contribution in [0.3, 0.4) is 0 Å². The van der Waals surface area contributed by atoms with E-state index in [1.807, 2.05) is 19.1 Å². The summed E-state index contributed by atoms with van der Waals surface area (Å²) in [6.45, 7) is 1.95. The highest BCUT2D eigenvalue weighted by atomic mass is 32.1. The number of anilines is 1. The predicted molar refractivity (Wildman–Crippen MR) is 78.6 cm³/mol. The van der Waals surface area contributed by atoms with Crippen LogP contribution in [0.2, 0.25) is 0 Å². The Morgan fingerprint density at radius 2 is 2.16 bits per heavy atom. The minimum absolute atomic E-state index is 0.0303. The summed E-state index contributed by atoms with van der Waals surface area (Å²) in [6.07, 6.45) is 1.63. The molecule has 1 heterocycles. The van der Waals surface area contributed by atoms with Crippen molar-refractivity contribution in [1.29, 1.82) is 0 Å². The molecule has 19 heavy (non-hydrogen) atoms. The molecular formula is C14H14FN3S. The number of nitrogens with zero attached hydrogens (tertiary/aromatic N) is 1. The summed E-state index contributed by atoms with van der Waals surface area (Å²) < 4.78 is 13.2. The van der Waals surface area contributed by atoms with E-state index in [2.05, 4.69) is 10.3 Å². The van der Waals surface area contributed by atoms with Gasteiger partial charge in [0.25, 0.3) is 0 Å². The van der Waals surface area contributed by atoms with E-state index < -0.39 is 0 Å². The summed E-state index contributed by atoms with van der Waals surface area (Å²) in [5.41, 5.74) is 7.81. The normalized spacial score (nSPS) is 11.9. The molecule has 0 radical (unpaired) electrons. The van der Waals surface area contributed by atoms with E-state index in [1.54, 1.807) is 18.3 Å². The fraction of sp³-hybridized carbons (Fsp3) is 0.143. The molecule has 3 N–H and O–H groups in total. The van der Waals surface area contributed by atoms with Crippen LogP contribution in [0.1, 0.15) is 24.2 Å². The van der Waals surface area contributed by atoms with Crippen LogP contribution >= 0.6 is 12.2 Å². The third kappa shape index (κ3) is 3.48. The molecule has 1 unspecified atom stereocenters. The molecular weight excluding hydrogens is 261 g/mol. The van der Waals surface area contributed by atoms with Gasteiger partial charge in [-0.15, -0.1) is 0 Å². The molecule has 1 atom stereocenters. The first-order valence-corrected chi connectivity index (χ1v) is 6.25. The zero-order valence-electron chi connectivity index (χ0n) is 10.4. The van der Waals surface area contributed by atoms with Crippen molar-refractivity contribution in [3.05, 3.63) is 59.7 Å². The molecule has 3 nitrogen and oxygen atoms in total. The number of nitrogens with two attached hydrogens (primary N) is 1. The van der Waals surface area contributed by atoms with Gasteiger partial charge in [0.2, 0.25) is 0 Å². The Balaban J connectivity index is 2.17. The lowest BCUT2D eigenvalue weighted by Gasteiger charge is -2.16. The van der Waals surface area contributed by atoms with Crippen molar-refractivity contribution in [2.75, 3.05) is 5.32 Å². The van der Waals surface area contributed by atoms with Gasteiger partial charge in [-0.3, -0.25) is 4.98 Å². The Kier molecular flexibility index (Phi) is 4.06. The first-order chi connectivity index (χ1) is 9.06. The van der Waals surface area contributed by atoms with Gasteiger partial charge in [-0.1, -0.05) is 24.4 Å². The highest BCUT2D eigenvalue weighted by molar-refractivity contribution is 7.80. The third-order valence-corrected chi connectivity index (χ3v) is 2.95. The van der Waals surface area contributed by atoms with Crippen molar-refractivity contribution in [2.24, 2.45) is 5.73 Å². The van der Waals surface area contributed by atoms with Crippen LogP contribution in [0.15, 0.2) is 42.6 Å². The fourth-order valence-corrected chi connectivity index (χ4v) is 1.88. The van der Waals surface area contributed by atoms with E-state index >= 15 is 0 Å². The maximum Gasteiger partial charge on any atom is 0.123 e. The zero-order chi connectivity index (χ0) is 13.8. The Hall–Kier alpha value is -2.01. The smallest absolute Gasteiger partial charge is 0.123 e. The number of pyridine rings is 1. The summed E-state index contributed by atoms with van der Waals surface area (Å²) in [5.74, 6) is -0.246. The van der Waals surface area contributed by atoms with E-state index in [-0.39, 0.29) is 16.8 Å². The monoisotopic (exact) mass is 275 g/mol. The highest BCUT2D eigenvalue weighted by Gasteiger charge is 2.07. The molecule has 0 aliphatic rings. The van der Waals surface area contributed by atoms with Crippen molar-refractivity contribution in [2.45, 2.75) is 13.0 Å². The van der Waals surface area contributed by atoms with Crippen LogP contribution in [0.5, 0.6) is 0 Å². The molecule has 2 rings (SSSR count). The van der Waals surface area contributed by atoms with Crippen LogP contribution in [0, 0.1) is 5.82 Å². The average molecular weight is 275 g/mol. The molecule has 0 spiro atoms. The van der Waals surface area contributed by atoms with Crippen molar-refractivity contribution < 1.29 is 4.39 Å². The lowest BCUT2D eigenvalue weighted by molar-refractivity contribution is 0.623. The van der Waals surface area contributed by atoms with Gasteiger partial charge >= 0.3 is 0 Å². The molecule has 0 aliphatic carbocycles. The van der Waals surface area contributed by atoms with Crippen molar-refractivity contribution in [3.8, 4) is 0 Å². The maximum absolute atomic E-state index is 13.2. The Bertz CT molecular complexity index is 601. The second kappa shape index (κ2) is 5.75. The Labute approximate surface area is 116 Å². The molecule has 0 fully saturated rings. The zero-order valence-corrected chi connectivity index (χ0v) is 11.2.